The number of carbonyl (C=O) groups is 2. The predicted molar refractivity (Wildman–Crippen MR) is 124 cm³/mol. The minimum absolute atomic E-state index is 0.0400. The monoisotopic (exact) mass is 487 g/mol. The highest BCUT2D eigenvalue weighted by molar-refractivity contribution is 5.91. The average Bonchev–Trinajstić information content (AvgIpc) is 2.79. The molecule has 1 atom stereocenters. The number of ether oxygens (including phenoxy) is 1. The number of aliphatic carboxylic acids is 1. The van der Waals surface area contributed by atoms with Gasteiger partial charge in [-0.3, -0.25) is 9.59 Å². The average molecular weight is 487 g/mol. The Balaban J connectivity index is 1.98. The number of aryl methyl sites for hydroxylation is 1. The summed E-state index contributed by atoms with van der Waals surface area (Å²) in [5.41, 5.74) is -0.0364. The van der Waals surface area contributed by atoms with E-state index < -0.39 is 47.4 Å². The van der Waals surface area contributed by atoms with Gasteiger partial charge in [0.2, 0.25) is 0 Å². The van der Waals surface area contributed by atoms with Gasteiger partial charge in [0, 0.05) is 30.4 Å². The van der Waals surface area contributed by atoms with Gasteiger partial charge < -0.3 is 30.2 Å². The lowest BCUT2D eigenvalue weighted by Gasteiger charge is -2.20. The molecule has 0 spiro atoms. The Bertz CT molecular complexity index is 1360. The Morgan fingerprint density at radius 1 is 1.14 bits per heavy atom. The molecule has 0 bridgehead atoms. The second kappa shape index (κ2) is 10.2. The number of nitrogens with zero attached hydrogens (tertiary/aromatic N) is 1. The first-order valence-corrected chi connectivity index (χ1v) is 10.3. The molecule has 0 aliphatic carbocycles. The first-order chi connectivity index (χ1) is 16.5. The van der Waals surface area contributed by atoms with Gasteiger partial charge in [0.05, 0.1) is 19.6 Å². The van der Waals surface area contributed by atoms with Crippen molar-refractivity contribution in [1.29, 1.82) is 0 Å². The SMILES string of the molecule is COc1cc(-c2ccc(F)cc2F)cc([C@H](CC(=O)O)NC(=O)Nc2c(O)cc(C)n(C)c2=O)c1. The number of benzene rings is 2. The van der Waals surface area contributed by atoms with Crippen LogP contribution in [-0.4, -0.2) is 33.9 Å². The lowest BCUT2D eigenvalue weighted by atomic mass is 9.97. The van der Waals surface area contributed by atoms with E-state index in [9.17, 15) is 33.4 Å². The van der Waals surface area contributed by atoms with Gasteiger partial charge in [-0.25, -0.2) is 13.6 Å². The Hall–Kier alpha value is -4.41. The Morgan fingerprint density at radius 2 is 1.86 bits per heavy atom. The number of urea groups is 1. The molecule has 1 aromatic heterocycles. The van der Waals surface area contributed by atoms with Crippen LogP contribution >= 0.6 is 0 Å². The number of anilines is 1. The molecule has 3 aromatic rings. The van der Waals surface area contributed by atoms with E-state index in [1.807, 2.05) is 0 Å². The van der Waals surface area contributed by atoms with E-state index in [0.717, 1.165) is 6.07 Å². The van der Waals surface area contributed by atoms with E-state index in [0.29, 0.717) is 11.8 Å². The Morgan fingerprint density at radius 3 is 2.49 bits per heavy atom. The molecule has 9 nitrogen and oxygen atoms in total. The highest BCUT2D eigenvalue weighted by Gasteiger charge is 2.22. The quantitative estimate of drug-likeness (QED) is 0.402. The number of hydrogen-bond donors (Lipinski definition) is 4. The van der Waals surface area contributed by atoms with Gasteiger partial charge in [-0.2, -0.15) is 0 Å². The van der Waals surface area contributed by atoms with Crippen LogP contribution in [0.3, 0.4) is 0 Å². The Kier molecular flexibility index (Phi) is 7.38. The van der Waals surface area contributed by atoms with Crippen LogP contribution in [0, 0.1) is 18.6 Å². The number of aromatic nitrogens is 1. The largest absolute Gasteiger partial charge is 0.505 e. The molecule has 0 aliphatic heterocycles. The van der Waals surface area contributed by atoms with E-state index in [-0.39, 0.29) is 28.1 Å². The normalized spacial score (nSPS) is 11.6. The van der Waals surface area contributed by atoms with Gasteiger partial charge in [-0.1, -0.05) is 0 Å². The molecule has 0 unspecified atom stereocenters. The molecule has 4 N–H and O–H groups in total. The maximum absolute atomic E-state index is 14.4. The van der Waals surface area contributed by atoms with Gasteiger partial charge in [-0.05, 0) is 48.4 Å². The van der Waals surface area contributed by atoms with Crippen molar-refractivity contribution in [2.24, 2.45) is 7.05 Å². The summed E-state index contributed by atoms with van der Waals surface area (Å²) < 4.78 is 34.2. The molecule has 2 amide bonds. The number of carboxylic acids is 1. The Labute approximate surface area is 198 Å². The van der Waals surface area contributed by atoms with Crippen molar-refractivity contribution < 1.29 is 33.3 Å². The summed E-state index contributed by atoms with van der Waals surface area (Å²) in [6.07, 6.45) is -0.566. The number of carboxylic acid groups (broad SMARTS) is 1. The molecule has 11 heteroatoms. The minimum atomic E-state index is -1.25. The van der Waals surface area contributed by atoms with Gasteiger partial charge in [-0.15, -0.1) is 0 Å². The lowest BCUT2D eigenvalue weighted by Crippen LogP contribution is -2.36. The first-order valence-electron chi connectivity index (χ1n) is 10.3. The molecule has 0 radical (unpaired) electrons. The van der Waals surface area contributed by atoms with E-state index in [2.05, 4.69) is 10.6 Å². The zero-order valence-electron chi connectivity index (χ0n) is 19.1. The van der Waals surface area contributed by atoms with Crippen molar-refractivity contribution in [3.05, 3.63) is 75.7 Å². The number of pyridine rings is 1. The topological polar surface area (TPSA) is 130 Å². The first kappa shape index (κ1) is 25.2. The summed E-state index contributed by atoms with van der Waals surface area (Å²) in [5, 5.41) is 24.2. The molecule has 1 heterocycles. The number of nitrogens with one attached hydrogen (secondary N) is 2. The second-order valence-electron chi connectivity index (χ2n) is 7.78. The van der Waals surface area contributed by atoms with Crippen LogP contribution in [-0.2, 0) is 11.8 Å². The van der Waals surface area contributed by atoms with Crippen molar-refractivity contribution in [3.8, 4) is 22.6 Å². The molecular formula is C24H23F2N3O6. The highest BCUT2D eigenvalue weighted by Crippen LogP contribution is 2.32. The van der Waals surface area contributed by atoms with Crippen molar-refractivity contribution in [3.63, 3.8) is 0 Å². The van der Waals surface area contributed by atoms with Crippen molar-refractivity contribution in [2.75, 3.05) is 12.4 Å². The summed E-state index contributed by atoms with van der Waals surface area (Å²) in [7, 11) is 2.81. The zero-order chi connectivity index (χ0) is 25.9. The number of methoxy groups -OCH3 is 1. The molecular weight excluding hydrogens is 464 g/mol. The van der Waals surface area contributed by atoms with Gasteiger partial charge >= 0.3 is 12.0 Å². The number of rotatable bonds is 7. The summed E-state index contributed by atoms with van der Waals surface area (Å²) in [6, 6.07) is 6.59. The number of halogens is 2. The summed E-state index contributed by atoms with van der Waals surface area (Å²) in [5.74, 6) is -3.06. The van der Waals surface area contributed by atoms with Gasteiger partial charge in [0.25, 0.3) is 5.56 Å². The third-order valence-corrected chi connectivity index (χ3v) is 5.38. The lowest BCUT2D eigenvalue weighted by molar-refractivity contribution is -0.137. The summed E-state index contributed by atoms with van der Waals surface area (Å²) >= 11 is 0. The van der Waals surface area contributed by atoms with Crippen molar-refractivity contribution in [2.45, 2.75) is 19.4 Å². The molecule has 3 rings (SSSR count). The third kappa shape index (κ3) is 5.75. The fourth-order valence-corrected chi connectivity index (χ4v) is 3.48. The number of amides is 2. The molecule has 0 saturated heterocycles. The highest BCUT2D eigenvalue weighted by atomic mass is 19.1. The summed E-state index contributed by atoms with van der Waals surface area (Å²) in [4.78, 5) is 36.6. The molecule has 0 saturated carbocycles. The molecule has 35 heavy (non-hydrogen) atoms. The zero-order valence-corrected chi connectivity index (χ0v) is 19.1. The third-order valence-electron chi connectivity index (χ3n) is 5.38. The van der Waals surface area contributed by atoms with Crippen LogP contribution in [0.15, 0.2) is 47.3 Å². The smallest absolute Gasteiger partial charge is 0.319 e. The standard InChI is InChI=1S/C24H23F2N3O6/c1-12-6-20(30)22(23(33)29(12)2)28-24(34)27-19(11-21(31)32)14-7-13(8-16(9-14)35-3)17-5-4-15(25)10-18(17)26/h4-10,19,30H,11H2,1-3H3,(H,31,32)(H2,27,28,34)/t19-/m0/s1. The van der Waals surface area contributed by atoms with Crippen LogP contribution in [0.5, 0.6) is 11.5 Å². The minimum Gasteiger partial charge on any atom is -0.505 e. The van der Waals surface area contributed by atoms with Crippen molar-refractivity contribution in [1.82, 2.24) is 9.88 Å². The maximum atomic E-state index is 14.4. The fraction of sp³-hybridized carbons (Fsp3) is 0.208. The number of hydrogen-bond acceptors (Lipinski definition) is 5. The van der Waals surface area contributed by atoms with Crippen LogP contribution in [0.4, 0.5) is 19.3 Å². The maximum Gasteiger partial charge on any atom is 0.319 e. The molecule has 0 fully saturated rings. The molecule has 184 valence electrons. The van der Waals surface area contributed by atoms with Crippen LogP contribution < -0.4 is 20.9 Å². The van der Waals surface area contributed by atoms with E-state index in [1.165, 1.54) is 49.1 Å². The van der Waals surface area contributed by atoms with Crippen molar-refractivity contribution >= 4 is 17.7 Å². The van der Waals surface area contributed by atoms with Gasteiger partial charge in [0.15, 0.2) is 5.69 Å². The predicted octanol–water partition coefficient (Wildman–Crippen LogP) is 3.69. The van der Waals surface area contributed by atoms with E-state index in [1.54, 1.807) is 6.92 Å². The molecule has 2 aromatic carbocycles. The van der Waals surface area contributed by atoms with Crippen LogP contribution in [0.2, 0.25) is 0 Å². The van der Waals surface area contributed by atoms with E-state index >= 15 is 0 Å². The van der Waals surface area contributed by atoms with Gasteiger partial charge in [0.1, 0.15) is 23.1 Å². The van der Waals surface area contributed by atoms with Crippen LogP contribution in [0.25, 0.3) is 11.1 Å². The second-order valence-corrected chi connectivity index (χ2v) is 7.78. The van der Waals surface area contributed by atoms with E-state index in [4.69, 9.17) is 4.74 Å². The number of aromatic hydroxyl groups is 1. The molecule has 0 aliphatic rings. The fourth-order valence-electron chi connectivity index (χ4n) is 3.48. The van der Waals surface area contributed by atoms with Crippen LogP contribution in [0.1, 0.15) is 23.7 Å². The summed E-state index contributed by atoms with van der Waals surface area (Å²) in [6.45, 7) is 1.60. The number of carbonyl (C=O) groups excluding carboxylic acids is 1.